The van der Waals surface area contributed by atoms with Crippen molar-refractivity contribution in [3.63, 3.8) is 0 Å². The van der Waals surface area contributed by atoms with Crippen LogP contribution >= 0.6 is 0 Å². The summed E-state index contributed by atoms with van der Waals surface area (Å²) in [7, 11) is 0. The fraction of sp³-hybridized carbons (Fsp3) is 0.368. The van der Waals surface area contributed by atoms with Crippen molar-refractivity contribution in [3.05, 3.63) is 47.7 Å². The van der Waals surface area contributed by atoms with Gasteiger partial charge in [0.05, 0.1) is 19.0 Å². The van der Waals surface area contributed by atoms with E-state index in [9.17, 15) is 27.6 Å². The van der Waals surface area contributed by atoms with E-state index in [0.29, 0.717) is 13.1 Å². The molecule has 32 heavy (non-hydrogen) atoms. The van der Waals surface area contributed by atoms with E-state index in [0.717, 1.165) is 12.3 Å². The van der Waals surface area contributed by atoms with Crippen molar-refractivity contribution in [3.8, 4) is 5.88 Å². The van der Waals surface area contributed by atoms with Crippen molar-refractivity contribution in [2.45, 2.75) is 6.18 Å². The topological polar surface area (TPSA) is 126 Å². The van der Waals surface area contributed by atoms with Gasteiger partial charge < -0.3 is 9.64 Å². The van der Waals surface area contributed by atoms with E-state index in [1.807, 2.05) is 5.43 Å². The van der Waals surface area contributed by atoms with Gasteiger partial charge >= 0.3 is 6.18 Å². The Kier molecular flexibility index (Phi) is 5.63. The van der Waals surface area contributed by atoms with Crippen molar-refractivity contribution in [1.29, 1.82) is 0 Å². The first-order valence-corrected chi connectivity index (χ1v) is 9.56. The van der Waals surface area contributed by atoms with Crippen molar-refractivity contribution in [1.82, 2.24) is 30.7 Å². The molecule has 1 unspecified atom stereocenters. The van der Waals surface area contributed by atoms with Gasteiger partial charge in [0.1, 0.15) is 17.1 Å². The molecule has 3 atom stereocenters. The summed E-state index contributed by atoms with van der Waals surface area (Å²) in [5.74, 6) is -0.571. The van der Waals surface area contributed by atoms with Crippen LogP contribution in [0.3, 0.4) is 0 Å². The van der Waals surface area contributed by atoms with E-state index in [1.165, 1.54) is 18.3 Å². The Balaban J connectivity index is 1.27. The smallest absolute Gasteiger partial charge is 0.433 e. The number of rotatable bonds is 7. The number of fused-ring (bicyclic) bond motifs is 1. The predicted octanol–water partition coefficient (Wildman–Crippen LogP) is 0.678. The summed E-state index contributed by atoms with van der Waals surface area (Å²) in [5, 5.41) is 0. The lowest BCUT2D eigenvalue weighted by Gasteiger charge is -2.19. The number of piperidine rings is 1. The number of alkyl halides is 3. The molecule has 1 saturated heterocycles. The second-order valence-corrected chi connectivity index (χ2v) is 7.37. The summed E-state index contributed by atoms with van der Waals surface area (Å²) < 4.78 is 43.7. The molecule has 3 amide bonds. The van der Waals surface area contributed by atoms with Crippen molar-refractivity contribution < 1.29 is 32.3 Å². The number of nitrogens with one attached hydrogen (secondary N) is 2. The monoisotopic (exact) mass is 450 g/mol. The normalized spacial score (nSPS) is 21.5. The number of pyridine rings is 1. The molecule has 2 N–H and O–H groups in total. The molecule has 1 aliphatic carbocycles. The quantitative estimate of drug-likeness (QED) is 0.469. The van der Waals surface area contributed by atoms with Crippen molar-refractivity contribution in [2.24, 2.45) is 17.8 Å². The fourth-order valence-electron chi connectivity index (χ4n) is 3.77. The first-order chi connectivity index (χ1) is 15.3. The van der Waals surface area contributed by atoms with Crippen LogP contribution in [0.5, 0.6) is 5.88 Å². The minimum Gasteiger partial charge on any atom is -0.477 e. The van der Waals surface area contributed by atoms with Crippen molar-refractivity contribution >= 4 is 18.2 Å². The van der Waals surface area contributed by atoms with E-state index in [1.54, 1.807) is 4.90 Å². The van der Waals surface area contributed by atoms with Crippen LogP contribution in [0.2, 0.25) is 0 Å². The van der Waals surface area contributed by atoms with Gasteiger partial charge in [0, 0.05) is 25.1 Å². The second-order valence-electron chi connectivity index (χ2n) is 7.37. The highest BCUT2D eigenvalue weighted by Crippen LogP contribution is 2.51. The lowest BCUT2D eigenvalue weighted by molar-refractivity contribution is -0.141. The van der Waals surface area contributed by atoms with Crippen LogP contribution < -0.4 is 15.6 Å². The SMILES string of the molecule is O=CNNC(=O)c1cnc(C(=O)N2C[C@@H]3C(COc4cccc(C(F)(F)F)n4)[C@@H]3C2)cn1. The number of likely N-dealkylation sites (tertiary alicyclic amines) is 1. The first kappa shape index (κ1) is 21.5. The molecule has 13 heteroatoms. The zero-order chi connectivity index (χ0) is 22.9. The maximum Gasteiger partial charge on any atom is 0.433 e. The Hall–Kier alpha value is -3.77. The molecule has 1 aliphatic heterocycles. The Labute approximate surface area is 179 Å². The number of hydrogen-bond donors (Lipinski definition) is 2. The number of carbonyl (C=O) groups excluding carboxylic acids is 3. The lowest BCUT2D eigenvalue weighted by atomic mass is 10.2. The van der Waals surface area contributed by atoms with Crippen LogP contribution in [-0.4, -0.2) is 57.8 Å². The van der Waals surface area contributed by atoms with Gasteiger partial charge in [-0.15, -0.1) is 0 Å². The van der Waals surface area contributed by atoms with Gasteiger partial charge in [0.15, 0.2) is 0 Å². The van der Waals surface area contributed by atoms with E-state index < -0.39 is 17.8 Å². The maximum atomic E-state index is 12.7. The Morgan fingerprint density at radius 3 is 2.47 bits per heavy atom. The number of ether oxygens (including phenoxy) is 1. The zero-order valence-corrected chi connectivity index (χ0v) is 16.4. The minimum atomic E-state index is -4.53. The van der Waals surface area contributed by atoms with Gasteiger partial charge in [-0.2, -0.15) is 13.2 Å². The summed E-state index contributed by atoms with van der Waals surface area (Å²) in [4.78, 5) is 47.4. The Morgan fingerprint density at radius 2 is 1.84 bits per heavy atom. The highest BCUT2D eigenvalue weighted by Gasteiger charge is 2.57. The minimum absolute atomic E-state index is 0.0689. The van der Waals surface area contributed by atoms with Crippen LogP contribution in [0, 0.1) is 17.8 Å². The Morgan fingerprint density at radius 1 is 1.16 bits per heavy atom. The average Bonchev–Trinajstić information content (AvgIpc) is 3.23. The summed E-state index contributed by atoms with van der Waals surface area (Å²) in [6.07, 6.45) is -1.93. The third kappa shape index (κ3) is 4.45. The molecule has 2 aromatic heterocycles. The van der Waals surface area contributed by atoms with Crippen LogP contribution in [0.1, 0.15) is 26.7 Å². The zero-order valence-electron chi connectivity index (χ0n) is 16.4. The number of halogens is 3. The molecule has 168 valence electrons. The van der Waals surface area contributed by atoms with E-state index >= 15 is 0 Å². The molecule has 0 bridgehead atoms. The number of amides is 3. The molecular formula is C19H17F3N6O4. The van der Waals surface area contributed by atoms with Crippen LogP contribution in [0.4, 0.5) is 13.2 Å². The molecule has 10 nitrogen and oxygen atoms in total. The average molecular weight is 450 g/mol. The molecule has 3 heterocycles. The van der Waals surface area contributed by atoms with E-state index in [-0.39, 0.29) is 53.9 Å². The van der Waals surface area contributed by atoms with Gasteiger partial charge in [-0.3, -0.25) is 25.2 Å². The molecule has 2 aliphatic rings. The lowest BCUT2D eigenvalue weighted by Crippen LogP contribution is -2.37. The van der Waals surface area contributed by atoms with Gasteiger partial charge in [-0.1, -0.05) is 6.07 Å². The second kappa shape index (κ2) is 8.40. The van der Waals surface area contributed by atoms with Crippen LogP contribution in [0.15, 0.2) is 30.6 Å². The molecule has 0 spiro atoms. The molecule has 2 fully saturated rings. The highest BCUT2D eigenvalue weighted by atomic mass is 19.4. The predicted molar refractivity (Wildman–Crippen MR) is 99.8 cm³/mol. The van der Waals surface area contributed by atoms with Gasteiger partial charge in [-0.25, -0.2) is 15.0 Å². The van der Waals surface area contributed by atoms with Gasteiger partial charge in [0.25, 0.3) is 11.8 Å². The number of hydrogen-bond acceptors (Lipinski definition) is 7. The fourth-order valence-corrected chi connectivity index (χ4v) is 3.77. The van der Waals surface area contributed by atoms with Crippen molar-refractivity contribution in [2.75, 3.05) is 19.7 Å². The third-order valence-electron chi connectivity index (χ3n) is 5.44. The molecular weight excluding hydrogens is 433 g/mol. The molecule has 0 radical (unpaired) electrons. The number of hydrazine groups is 1. The third-order valence-corrected chi connectivity index (χ3v) is 5.44. The van der Waals surface area contributed by atoms with E-state index in [2.05, 4.69) is 20.4 Å². The van der Waals surface area contributed by atoms with Gasteiger partial charge in [0.2, 0.25) is 12.3 Å². The summed E-state index contributed by atoms with van der Waals surface area (Å²) in [5.41, 5.74) is 3.06. The van der Waals surface area contributed by atoms with Crippen LogP contribution in [-0.2, 0) is 11.0 Å². The largest absolute Gasteiger partial charge is 0.477 e. The maximum absolute atomic E-state index is 12.7. The number of nitrogens with zero attached hydrogens (tertiary/aromatic N) is 4. The molecule has 0 aromatic carbocycles. The standard InChI is InChI=1S/C19H17F3N6O4/c20-19(21,22)15-2-1-3-16(26-15)32-8-12-10-6-28(7-11(10)12)18(31)14-5-23-13(4-24-14)17(30)27-25-9-29/h1-5,9-12H,6-8H2,(H,25,29)(H,27,30)/t10-,11+,12?. The Bertz CT molecular complexity index is 1020. The number of aromatic nitrogens is 3. The highest BCUT2D eigenvalue weighted by molar-refractivity contribution is 5.94. The summed E-state index contributed by atoms with van der Waals surface area (Å²) in [6.45, 7) is 1.17. The molecule has 4 rings (SSSR count). The molecule has 2 aromatic rings. The van der Waals surface area contributed by atoms with Crippen LogP contribution in [0.25, 0.3) is 0 Å². The molecule has 1 saturated carbocycles. The van der Waals surface area contributed by atoms with E-state index in [4.69, 9.17) is 4.74 Å². The van der Waals surface area contributed by atoms with Gasteiger partial charge in [-0.05, 0) is 17.9 Å². The first-order valence-electron chi connectivity index (χ1n) is 9.56. The summed E-state index contributed by atoms with van der Waals surface area (Å²) in [6, 6.07) is 3.50. The summed E-state index contributed by atoms with van der Waals surface area (Å²) >= 11 is 0. The number of carbonyl (C=O) groups is 3.